The van der Waals surface area contributed by atoms with Crippen molar-refractivity contribution in [1.82, 2.24) is 0 Å². The van der Waals surface area contributed by atoms with Crippen molar-refractivity contribution >= 4 is 5.97 Å². The topological polar surface area (TPSA) is 69.6 Å². The molecule has 0 radical (unpaired) electrons. The van der Waals surface area contributed by atoms with E-state index in [1.807, 2.05) is 30.3 Å². The Bertz CT molecular complexity index is 515. The number of aliphatic hydroxyl groups is 1. The molecule has 2 bridgehead atoms. The number of carbonyl (C=O) groups is 1. The summed E-state index contributed by atoms with van der Waals surface area (Å²) in [7, 11) is 1.74. The van der Waals surface area contributed by atoms with E-state index < -0.39 is 5.92 Å². The summed E-state index contributed by atoms with van der Waals surface area (Å²) in [6.45, 7) is -0.266. The van der Waals surface area contributed by atoms with Crippen LogP contribution in [0.3, 0.4) is 0 Å². The maximum Gasteiger partial charge on any atom is 0.316 e. The highest BCUT2D eigenvalue weighted by molar-refractivity contribution is 5.78. The molecule has 1 aromatic rings. The number of carbonyl (C=O) groups excluding carboxylic acids is 1. The summed E-state index contributed by atoms with van der Waals surface area (Å²) in [6, 6.07) is 9.27. The lowest BCUT2D eigenvalue weighted by atomic mass is 9.98. The number of hydroxylamine groups is 3. The second-order valence-corrected chi connectivity index (χ2v) is 6.62. The number of rotatable bonds is 4. The fraction of sp³-hybridized carbons (Fsp3) is 0.588. The Kier molecular flexibility index (Phi) is 4.21. The molecule has 2 aliphatic heterocycles. The van der Waals surface area contributed by atoms with E-state index in [-0.39, 0.29) is 35.4 Å². The van der Waals surface area contributed by atoms with Crippen molar-refractivity contribution in [2.75, 3.05) is 13.7 Å². The molecule has 1 aromatic carbocycles. The molecule has 0 spiro atoms. The number of piperidine rings is 1. The van der Waals surface area contributed by atoms with Crippen LogP contribution in [0.1, 0.15) is 37.2 Å². The molecule has 0 saturated carbocycles. The first-order valence-corrected chi connectivity index (χ1v) is 7.95. The number of quaternary nitrogens is 1. The Balaban J connectivity index is 1.65. The van der Waals surface area contributed by atoms with Gasteiger partial charge in [-0.25, -0.2) is 0 Å². The van der Waals surface area contributed by atoms with Gasteiger partial charge in [0.05, 0.1) is 25.7 Å². The quantitative estimate of drug-likeness (QED) is 0.524. The van der Waals surface area contributed by atoms with Gasteiger partial charge in [0.1, 0.15) is 12.0 Å². The molecule has 5 nitrogen and oxygen atoms in total. The highest BCUT2D eigenvalue weighted by Gasteiger charge is 2.48. The van der Waals surface area contributed by atoms with Crippen LogP contribution in [0.25, 0.3) is 0 Å². The minimum atomic E-state index is -0.645. The average Bonchev–Trinajstić information content (AvgIpc) is 2.68. The van der Waals surface area contributed by atoms with Gasteiger partial charge in [-0.3, -0.25) is 4.79 Å². The highest BCUT2D eigenvalue weighted by Crippen LogP contribution is 2.41. The van der Waals surface area contributed by atoms with Crippen molar-refractivity contribution < 1.29 is 19.3 Å². The Hall–Kier alpha value is -1.43. The molecule has 1 N–H and O–H groups in total. The average molecular weight is 305 g/mol. The molecule has 0 amide bonds. The number of nitrogens with zero attached hydrogens (tertiary/aromatic N) is 1. The SMILES string of the molecule is C[N+]1([O-])[C@@H]2CC[C@H]1CC(OC(=O)C(CO)c1ccccc1)C2. The Morgan fingerprint density at radius 2 is 1.91 bits per heavy atom. The largest absolute Gasteiger partial charge is 0.633 e. The van der Waals surface area contributed by atoms with Gasteiger partial charge >= 0.3 is 5.97 Å². The first kappa shape index (κ1) is 15.5. The van der Waals surface area contributed by atoms with Crippen LogP contribution in [0.5, 0.6) is 0 Å². The van der Waals surface area contributed by atoms with Crippen molar-refractivity contribution in [2.45, 2.75) is 49.8 Å². The molecule has 120 valence electrons. The van der Waals surface area contributed by atoms with E-state index >= 15 is 0 Å². The van der Waals surface area contributed by atoms with Gasteiger partial charge in [0.15, 0.2) is 0 Å². The van der Waals surface area contributed by atoms with E-state index in [0.717, 1.165) is 18.4 Å². The summed E-state index contributed by atoms with van der Waals surface area (Å²) in [4.78, 5) is 12.4. The normalized spacial score (nSPS) is 35.1. The van der Waals surface area contributed by atoms with E-state index in [0.29, 0.717) is 12.8 Å². The fourth-order valence-corrected chi connectivity index (χ4v) is 3.90. The number of benzene rings is 1. The number of ether oxygens (including phenoxy) is 1. The monoisotopic (exact) mass is 305 g/mol. The second kappa shape index (κ2) is 5.99. The minimum absolute atomic E-state index is 0.0425. The molecule has 2 fully saturated rings. The second-order valence-electron chi connectivity index (χ2n) is 6.62. The van der Waals surface area contributed by atoms with E-state index in [1.54, 1.807) is 7.05 Å². The summed E-state index contributed by atoms with van der Waals surface area (Å²) in [5.41, 5.74) is 0.762. The third-order valence-corrected chi connectivity index (χ3v) is 5.30. The van der Waals surface area contributed by atoms with E-state index in [2.05, 4.69) is 0 Å². The van der Waals surface area contributed by atoms with Gasteiger partial charge in [-0.1, -0.05) is 30.3 Å². The predicted octanol–water partition coefficient (Wildman–Crippen LogP) is 1.94. The smallest absolute Gasteiger partial charge is 0.316 e. The maximum atomic E-state index is 12.4. The van der Waals surface area contributed by atoms with Crippen LogP contribution in [0.15, 0.2) is 30.3 Å². The zero-order valence-electron chi connectivity index (χ0n) is 12.9. The third kappa shape index (κ3) is 2.76. The van der Waals surface area contributed by atoms with Crippen LogP contribution < -0.4 is 0 Å². The molecule has 3 rings (SSSR count). The van der Waals surface area contributed by atoms with Gasteiger partial charge in [0.25, 0.3) is 0 Å². The van der Waals surface area contributed by atoms with Gasteiger partial charge in [-0.2, -0.15) is 0 Å². The van der Waals surface area contributed by atoms with Crippen LogP contribution in [0.2, 0.25) is 0 Å². The molecule has 2 saturated heterocycles. The maximum absolute atomic E-state index is 12.4. The summed E-state index contributed by atoms with van der Waals surface area (Å²) in [6.07, 6.45) is 2.91. The lowest BCUT2D eigenvalue weighted by Crippen LogP contribution is -2.55. The van der Waals surface area contributed by atoms with Crippen LogP contribution in [-0.2, 0) is 9.53 Å². The lowest BCUT2D eigenvalue weighted by molar-refractivity contribution is -0.903. The summed E-state index contributed by atoms with van der Waals surface area (Å²) >= 11 is 0. The number of hydrogen-bond donors (Lipinski definition) is 1. The van der Waals surface area contributed by atoms with E-state index in [1.165, 1.54) is 0 Å². The van der Waals surface area contributed by atoms with Crippen molar-refractivity contribution in [3.05, 3.63) is 41.1 Å². The van der Waals surface area contributed by atoms with Crippen LogP contribution >= 0.6 is 0 Å². The van der Waals surface area contributed by atoms with Gasteiger partial charge in [0.2, 0.25) is 0 Å². The van der Waals surface area contributed by atoms with E-state index in [9.17, 15) is 15.1 Å². The summed E-state index contributed by atoms with van der Waals surface area (Å²) in [5, 5.41) is 22.0. The Labute approximate surface area is 130 Å². The number of hydrogen-bond acceptors (Lipinski definition) is 4. The molecule has 2 aliphatic rings. The Morgan fingerprint density at radius 3 is 2.45 bits per heavy atom. The van der Waals surface area contributed by atoms with E-state index in [4.69, 9.17) is 4.74 Å². The number of aliphatic hydroxyl groups excluding tert-OH is 1. The summed E-state index contributed by atoms with van der Waals surface area (Å²) < 4.78 is 5.44. The minimum Gasteiger partial charge on any atom is -0.633 e. The van der Waals surface area contributed by atoms with Gasteiger partial charge < -0.3 is 19.7 Å². The zero-order valence-corrected chi connectivity index (χ0v) is 12.9. The molecule has 0 aliphatic carbocycles. The molecule has 0 aromatic heterocycles. The standard InChI is InChI=1S/C17H23NO4/c1-18(21)13-7-8-14(18)10-15(9-13)22-17(20)16(11-19)12-5-3-2-4-6-12/h2-6,13-16,19H,7-11H2,1H3/t13-,14+,15?,16?,18?. The molecule has 22 heavy (non-hydrogen) atoms. The lowest BCUT2D eigenvalue weighted by Gasteiger charge is -2.50. The summed E-state index contributed by atoms with van der Waals surface area (Å²) in [5.74, 6) is -1.03. The molecule has 3 unspecified atom stereocenters. The van der Waals surface area contributed by atoms with Gasteiger partial charge in [-0.05, 0) is 5.56 Å². The highest BCUT2D eigenvalue weighted by atomic mass is 16.6. The van der Waals surface area contributed by atoms with Crippen molar-refractivity contribution in [3.8, 4) is 0 Å². The molecule has 5 atom stereocenters. The first-order chi connectivity index (χ1) is 10.5. The van der Waals surface area contributed by atoms with Crippen molar-refractivity contribution in [1.29, 1.82) is 0 Å². The molecule has 5 heteroatoms. The number of fused-ring (bicyclic) bond motifs is 2. The predicted molar refractivity (Wildman–Crippen MR) is 81.7 cm³/mol. The molecule has 2 heterocycles. The fourth-order valence-electron chi connectivity index (χ4n) is 3.90. The van der Waals surface area contributed by atoms with Crippen LogP contribution in [-0.4, -0.2) is 47.6 Å². The molecular weight excluding hydrogens is 282 g/mol. The Morgan fingerprint density at radius 1 is 1.32 bits per heavy atom. The van der Waals surface area contributed by atoms with Crippen LogP contribution in [0.4, 0.5) is 0 Å². The number of esters is 1. The van der Waals surface area contributed by atoms with Gasteiger partial charge in [-0.15, -0.1) is 0 Å². The van der Waals surface area contributed by atoms with Crippen molar-refractivity contribution in [2.24, 2.45) is 0 Å². The molecular formula is C17H23NO4. The van der Waals surface area contributed by atoms with Gasteiger partial charge in [0, 0.05) is 25.7 Å². The van der Waals surface area contributed by atoms with Crippen molar-refractivity contribution in [3.63, 3.8) is 0 Å². The van der Waals surface area contributed by atoms with Crippen LogP contribution in [0, 0.1) is 5.21 Å². The third-order valence-electron chi connectivity index (χ3n) is 5.30. The zero-order chi connectivity index (χ0) is 15.7. The first-order valence-electron chi connectivity index (χ1n) is 7.95.